The maximum atomic E-state index is 12.3. The number of aromatic nitrogens is 4. The number of nitrogens with zero attached hydrogens (tertiary/aromatic N) is 4. The molecule has 0 bridgehead atoms. The Balaban J connectivity index is 1.38. The number of anilines is 1. The highest BCUT2D eigenvalue weighted by molar-refractivity contribution is 7.19. The van der Waals surface area contributed by atoms with Gasteiger partial charge in [-0.1, -0.05) is 49.4 Å². The second-order valence-corrected chi connectivity index (χ2v) is 8.10. The third kappa shape index (κ3) is 4.33. The highest BCUT2D eigenvalue weighted by Gasteiger charge is 2.12. The van der Waals surface area contributed by atoms with Gasteiger partial charge in [0.25, 0.3) is 5.91 Å². The lowest BCUT2D eigenvalue weighted by atomic mass is 9.99. The van der Waals surface area contributed by atoms with Crippen LogP contribution in [0.3, 0.4) is 0 Å². The molecule has 0 aliphatic heterocycles. The van der Waals surface area contributed by atoms with Crippen LogP contribution < -0.4 is 10.1 Å². The first-order chi connectivity index (χ1) is 14.5. The Morgan fingerprint density at radius 1 is 1.20 bits per heavy atom. The van der Waals surface area contributed by atoms with Gasteiger partial charge in [0.15, 0.2) is 12.4 Å². The molecule has 0 saturated heterocycles. The zero-order valence-electron chi connectivity index (χ0n) is 17.1. The molecule has 0 fully saturated rings. The van der Waals surface area contributed by atoms with Crippen molar-refractivity contribution >= 4 is 27.9 Å². The van der Waals surface area contributed by atoms with Crippen molar-refractivity contribution in [3.05, 3.63) is 59.9 Å². The van der Waals surface area contributed by atoms with Crippen molar-refractivity contribution in [2.24, 2.45) is 0 Å². The molecule has 1 unspecified atom stereocenters. The van der Waals surface area contributed by atoms with Crippen molar-refractivity contribution in [2.75, 3.05) is 11.9 Å². The van der Waals surface area contributed by atoms with Crippen LogP contribution in [0, 0.1) is 6.92 Å². The van der Waals surface area contributed by atoms with E-state index in [1.54, 1.807) is 4.52 Å². The third-order valence-corrected chi connectivity index (χ3v) is 5.92. The van der Waals surface area contributed by atoms with Crippen molar-refractivity contribution in [2.45, 2.75) is 33.1 Å². The summed E-state index contributed by atoms with van der Waals surface area (Å²) < 4.78 is 7.34. The van der Waals surface area contributed by atoms with Crippen LogP contribution in [-0.4, -0.2) is 32.3 Å². The Kier molecular flexibility index (Phi) is 5.76. The third-order valence-electron chi connectivity index (χ3n) is 4.97. The van der Waals surface area contributed by atoms with Gasteiger partial charge in [-0.2, -0.15) is 9.61 Å². The first kappa shape index (κ1) is 20.0. The van der Waals surface area contributed by atoms with Crippen LogP contribution in [0.25, 0.3) is 15.5 Å². The normalized spacial score (nSPS) is 12.1. The predicted octanol–water partition coefficient (Wildman–Crippen LogP) is 4.69. The van der Waals surface area contributed by atoms with Gasteiger partial charge in [-0.3, -0.25) is 4.79 Å². The van der Waals surface area contributed by atoms with Gasteiger partial charge in [-0.25, -0.2) is 0 Å². The fourth-order valence-corrected chi connectivity index (χ4v) is 3.92. The van der Waals surface area contributed by atoms with Crippen molar-refractivity contribution in [3.8, 4) is 16.3 Å². The molecule has 0 spiro atoms. The number of benzene rings is 2. The molecule has 0 saturated carbocycles. The van der Waals surface area contributed by atoms with Crippen LogP contribution in [0.2, 0.25) is 0 Å². The molecule has 0 aliphatic carbocycles. The summed E-state index contributed by atoms with van der Waals surface area (Å²) in [4.78, 5) is 13.1. The van der Waals surface area contributed by atoms with Gasteiger partial charge in [-0.15, -0.1) is 10.2 Å². The van der Waals surface area contributed by atoms with E-state index in [1.807, 2.05) is 55.5 Å². The molecule has 154 valence electrons. The van der Waals surface area contributed by atoms with Crippen LogP contribution in [0.4, 0.5) is 5.69 Å². The van der Waals surface area contributed by atoms with Crippen molar-refractivity contribution in [3.63, 3.8) is 0 Å². The number of fused-ring (bicyclic) bond motifs is 1. The Morgan fingerprint density at radius 2 is 2.00 bits per heavy atom. The fraction of sp³-hybridized carbons (Fsp3) is 0.273. The molecule has 30 heavy (non-hydrogen) atoms. The molecule has 4 aromatic rings. The average Bonchev–Trinajstić information content (AvgIpc) is 3.34. The number of aryl methyl sites for hydroxylation is 1. The lowest BCUT2D eigenvalue weighted by Gasteiger charge is -2.11. The summed E-state index contributed by atoms with van der Waals surface area (Å²) in [7, 11) is 0. The van der Waals surface area contributed by atoms with Crippen LogP contribution >= 0.6 is 11.3 Å². The lowest BCUT2D eigenvalue weighted by molar-refractivity contribution is -0.118. The second-order valence-electron chi connectivity index (χ2n) is 7.14. The molecule has 1 N–H and O–H groups in total. The Hall–Kier alpha value is -3.26. The monoisotopic (exact) mass is 421 g/mol. The summed E-state index contributed by atoms with van der Waals surface area (Å²) in [5.41, 5.74) is 2.87. The Labute approximate surface area is 178 Å². The SMILES string of the molecule is CCC(C)c1ccc(OCC(=O)Nc2cccc(-c3nn4c(C)nnc4s3)c2)cc1. The molecule has 2 heterocycles. The summed E-state index contributed by atoms with van der Waals surface area (Å²) in [6.07, 6.45) is 1.09. The number of amides is 1. The van der Waals surface area contributed by atoms with Crippen molar-refractivity contribution in [1.29, 1.82) is 0 Å². The van der Waals surface area contributed by atoms with E-state index in [-0.39, 0.29) is 12.5 Å². The smallest absolute Gasteiger partial charge is 0.262 e. The Morgan fingerprint density at radius 3 is 2.73 bits per heavy atom. The zero-order chi connectivity index (χ0) is 21.1. The molecule has 7 nitrogen and oxygen atoms in total. The van der Waals surface area contributed by atoms with Crippen LogP contribution in [0.1, 0.15) is 37.6 Å². The average molecular weight is 422 g/mol. The standard InChI is InChI=1S/C22H23N5O2S/c1-4-14(2)16-8-10-19(11-9-16)29-13-20(28)23-18-7-5-6-17(12-18)21-26-27-15(3)24-25-22(27)30-21/h5-12,14H,4,13H2,1-3H3,(H,23,28). The van der Waals surface area contributed by atoms with Gasteiger partial charge >= 0.3 is 0 Å². The van der Waals surface area contributed by atoms with Gasteiger partial charge in [0, 0.05) is 11.3 Å². The van der Waals surface area contributed by atoms with Crippen molar-refractivity contribution in [1.82, 2.24) is 19.8 Å². The maximum Gasteiger partial charge on any atom is 0.262 e. The first-order valence-corrected chi connectivity index (χ1v) is 10.7. The summed E-state index contributed by atoms with van der Waals surface area (Å²) in [6.45, 7) is 6.17. The quantitative estimate of drug-likeness (QED) is 0.468. The van der Waals surface area contributed by atoms with Crippen LogP contribution in [0.5, 0.6) is 5.75 Å². The minimum Gasteiger partial charge on any atom is -0.484 e. The maximum absolute atomic E-state index is 12.3. The first-order valence-electron chi connectivity index (χ1n) is 9.85. The van der Waals surface area contributed by atoms with E-state index in [4.69, 9.17) is 4.74 Å². The predicted molar refractivity (Wildman–Crippen MR) is 118 cm³/mol. The van der Waals surface area contributed by atoms with E-state index < -0.39 is 0 Å². The fourth-order valence-electron chi connectivity index (χ4n) is 3.04. The van der Waals surface area contributed by atoms with Crippen LogP contribution in [-0.2, 0) is 4.79 Å². The van der Waals surface area contributed by atoms with E-state index >= 15 is 0 Å². The molecule has 2 aromatic carbocycles. The van der Waals surface area contributed by atoms with Crippen LogP contribution in [0.15, 0.2) is 48.5 Å². The van der Waals surface area contributed by atoms with Crippen molar-refractivity contribution < 1.29 is 9.53 Å². The number of rotatable bonds is 7. The van der Waals surface area contributed by atoms with E-state index in [0.717, 1.165) is 27.8 Å². The minimum atomic E-state index is -0.216. The summed E-state index contributed by atoms with van der Waals surface area (Å²) in [6, 6.07) is 15.5. The van der Waals surface area contributed by atoms with Gasteiger partial charge < -0.3 is 10.1 Å². The summed E-state index contributed by atoms with van der Waals surface area (Å²) >= 11 is 1.45. The molecule has 0 aliphatic rings. The molecule has 1 atom stereocenters. The van der Waals surface area contributed by atoms with Gasteiger partial charge in [0.05, 0.1) is 0 Å². The molecule has 0 radical (unpaired) electrons. The van der Waals surface area contributed by atoms with E-state index in [0.29, 0.717) is 17.4 Å². The molecule has 8 heteroatoms. The highest BCUT2D eigenvalue weighted by Crippen LogP contribution is 2.27. The molecule has 4 rings (SSSR count). The lowest BCUT2D eigenvalue weighted by Crippen LogP contribution is -2.20. The van der Waals surface area contributed by atoms with Gasteiger partial charge in [-0.05, 0) is 49.1 Å². The topological polar surface area (TPSA) is 81.4 Å². The number of hydrogen-bond donors (Lipinski definition) is 1. The molecule has 2 aromatic heterocycles. The molecule has 1 amide bonds. The number of carbonyl (C=O) groups excluding carboxylic acids is 1. The summed E-state index contributed by atoms with van der Waals surface area (Å²) in [5, 5.41) is 16.3. The number of nitrogens with one attached hydrogen (secondary N) is 1. The number of ether oxygens (including phenoxy) is 1. The highest BCUT2D eigenvalue weighted by atomic mass is 32.1. The zero-order valence-corrected chi connectivity index (χ0v) is 17.9. The largest absolute Gasteiger partial charge is 0.484 e. The number of carbonyl (C=O) groups is 1. The molecular formula is C22H23N5O2S. The second kappa shape index (κ2) is 8.62. The summed E-state index contributed by atoms with van der Waals surface area (Å²) in [5.74, 6) is 1.72. The van der Waals surface area contributed by atoms with E-state index in [9.17, 15) is 4.79 Å². The van der Waals surface area contributed by atoms with Gasteiger partial charge in [0.2, 0.25) is 4.96 Å². The number of hydrogen-bond acceptors (Lipinski definition) is 6. The van der Waals surface area contributed by atoms with Gasteiger partial charge in [0.1, 0.15) is 10.8 Å². The molecular weight excluding hydrogens is 398 g/mol. The van der Waals surface area contributed by atoms with E-state index in [2.05, 4.69) is 34.5 Å². The minimum absolute atomic E-state index is 0.0527. The Bertz CT molecular complexity index is 1170. The van der Waals surface area contributed by atoms with E-state index in [1.165, 1.54) is 16.9 Å².